The largest absolute Gasteiger partial charge is 0.312 e. The summed E-state index contributed by atoms with van der Waals surface area (Å²) in [5.41, 5.74) is 4.50. The SMILES string of the molecule is c1ccc(CN2CCC2CNC2Cc3ccccc3C2)cc1. The second-order valence-electron chi connectivity index (χ2n) is 6.68. The Bertz CT molecular complexity index is 598. The fourth-order valence-electron chi connectivity index (χ4n) is 3.76. The normalized spacial score (nSPS) is 21.5. The summed E-state index contributed by atoms with van der Waals surface area (Å²) in [4.78, 5) is 2.60. The van der Waals surface area contributed by atoms with Crippen LogP contribution in [-0.4, -0.2) is 30.1 Å². The van der Waals surface area contributed by atoms with E-state index in [-0.39, 0.29) is 0 Å². The van der Waals surface area contributed by atoms with Crippen molar-refractivity contribution in [1.82, 2.24) is 10.2 Å². The Balaban J connectivity index is 1.27. The lowest BCUT2D eigenvalue weighted by Gasteiger charge is -2.41. The van der Waals surface area contributed by atoms with Crippen LogP contribution in [0.5, 0.6) is 0 Å². The van der Waals surface area contributed by atoms with Gasteiger partial charge in [0, 0.05) is 31.7 Å². The predicted octanol–water partition coefficient (Wildman–Crippen LogP) is 3.02. The average molecular weight is 292 g/mol. The molecule has 1 atom stereocenters. The first-order valence-corrected chi connectivity index (χ1v) is 8.46. The van der Waals surface area contributed by atoms with E-state index in [1.165, 1.54) is 42.5 Å². The highest BCUT2D eigenvalue weighted by Gasteiger charge is 2.29. The Hall–Kier alpha value is -1.64. The minimum atomic E-state index is 0.636. The molecule has 22 heavy (non-hydrogen) atoms. The minimum absolute atomic E-state index is 0.636. The van der Waals surface area contributed by atoms with Crippen LogP contribution in [-0.2, 0) is 19.4 Å². The number of hydrogen-bond donors (Lipinski definition) is 1. The number of nitrogens with zero attached hydrogens (tertiary/aromatic N) is 1. The molecule has 114 valence electrons. The van der Waals surface area contributed by atoms with Crippen LogP contribution in [0.25, 0.3) is 0 Å². The first-order valence-electron chi connectivity index (χ1n) is 8.46. The summed E-state index contributed by atoms with van der Waals surface area (Å²) in [6, 6.07) is 21.1. The van der Waals surface area contributed by atoms with E-state index in [1.54, 1.807) is 0 Å². The molecule has 2 heteroatoms. The number of benzene rings is 2. The molecule has 1 unspecified atom stereocenters. The Morgan fingerprint density at radius 1 is 0.909 bits per heavy atom. The van der Waals surface area contributed by atoms with Crippen molar-refractivity contribution in [2.45, 2.75) is 37.9 Å². The van der Waals surface area contributed by atoms with Crippen molar-refractivity contribution in [3.63, 3.8) is 0 Å². The predicted molar refractivity (Wildman–Crippen MR) is 90.9 cm³/mol. The zero-order valence-corrected chi connectivity index (χ0v) is 13.0. The van der Waals surface area contributed by atoms with Gasteiger partial charge in [-0.3, -0.25) is 4.90 Å². The standard InChI is InChI=1S/C20H24N2/c1-2-6-16(7-3-1)15-22-11-10-20(22)14-21-19-12-17-8-4-5-9-18(17)13-19/h1-9,19-21H,10-15H2. The van der Waals surface area contributed by atoms with Gasteiger partial charge in [0.15, 0.2) is 0 Å². The third kappa shape index (κ3) is 2.94. The van der Waals surface area contributed by atoms with E-state index in [4.69, 9.17) is 0 Å². The molecule has 1 aliphatic carbocycles. The zero-order chi connectivity index (χ0) is 14.8. The van der Waals surface area contributed by atoms with Gasteiger partial charge in [0.25, 0.3) is 0 Å². The van der Waals surface area contributed by atoms with Crippen LogP contribution in [0.4, 0.5) is 0 Å². The topological polar surface area (TPSA) is 15.3 Å². The molecular weight excluding hydrogens is 268 g/mol. The maximum atomic E-state index is 3.80. The van der Waals surface area contributed by atoms with Gasteiger partial charge in [-0.15, -0.1) is 0 Å². The summed E-state index contributed by atoms with van der Waals surface area (Å²) in [5.74, 6) is 0. The van der Waals surface area contributed by atoms with Gasteiger partial charge in [-0.05, 0) is 36.0 Å². The number of rotatable bonds is 5. The van der Waals surface area contributed by atoms with Crippen LogP contribution in [0.2, 0.25) is 0 Å². The van der Waals surface area contributed by atoms with E-state index in [9.17, 15) is 0 Å². The van der Waals surface area contributed by atoms with Crippen molar-refractivity contribution in [2.75, 3.05) is 13.1 Å². The van der Waals surface area contributed by atoms with E-state index in [0.29, 0.717) is 12.1 Å². The fraction of sp³-hybridized carbons (Fsp3) is 0.400. The number of hydrogen-bond acceptors (Lipinski definition) is 2. The van der Waals surface area contributed by atoms with Crippen molar-refractivity contribution < 1.29 is 0 Å². The third-order valence-corrected chi connectivity index (χ3v) is 5.19. The molecular formula is C20H24N2. The Kier molecular flexibility index (Phi) is 3.96. The third-order valence-electron chi connectivity index (χ3n) is 5.19. The number of likely N-dealkylation sites (tertiary alicyclic amines) is 1. The molecule has 1 fully saturated rings. The van der Waals surface area contributed by atoms with Gasteiger partial charge in [-0.25, -0.2) is 0 Å². The quantitative estimate of drug-likeness (QED) is 0.911. The monoisotopic (exact) mass is 292 g/mol. The lowest BCUT2D eigenvalue weighted by atomic mass is 10.0. The second-order valence-corrected chi connectivity index (χ2v) is 6.68. The first-order chi connectivity index (χ1) is 10.9. The average Bonchev–Trinajstić information content (AvgIpc) is 2.95. The molecule has 0 spiro atoms. The van der Waals surface area contributed by atoms with Crippen molar-refractivity contribution in [2.24, 2.45) is 0 Å². The summed E-state index contributed by atoms with van der Waals surface area (Å²) in [6.45, 7) is 3.47. The highest BCUT2D eigenvalue weighted by atomic mass is 15.2. The maximum Gasteiger partial charge on any atom is 0.0237 e. The molecule has 1 N–H and O–H groups in total. The van der Waals surface area contributed by atoms with E-state index in [2.05, 4.69) is 64.8 Å². The van der Waals surface area contributed by atoms with E-state index >= 15 is 0 Å². The Morgan fingerprint density at radius 3 is 2.23 bits per heavy atom. The van der Waals surface area contributed by atoms with E-state index < -0.39 is 0 Å². The van der Waals surface area contributed by atoms with Gasteiger partial charge in [0.1, 0.15) is 0 Å². The van der Waals surface area contributed by atoms with Crippen molar-refractivity contribution in [3.8, 4) is 0 Å². The molecule has 1 heterocycles. The Labute approximate surface area is 133 Å². The lowest BCUT2D eigenvalue weighted by molar-refractivity contribution is 0.0793. The smallest absolute Gasteiger partial charge is 0.0237 e. The molecule has 2 aliphatic rings. The molecule has 0 saturated carbocycles. The molecule has 0 radical (unpaired) electrons. The summed E-state index contributed by atoms with van der Waals surface area (Å²) >= 11 is 0. The fourth-order valence-corrected chi connectivity index (χ4v) is 3.76. The van der Waals surface area contributed by atoms with Gasteiger partial charge in [-0.1, -0.05) is 54.6 Å². The minimum Gasteiger partial charge on any atom is -0.312 e. The van der Waals surface area contributed by atoms with Crippen LogP contribution < -0.4 is 5.32 Å². The van der Waals surface area contributed by atoms with Gasteiger partial charge < -0.3 is 5.32 Å². The highest BCUT2D eigenvalue weighted by Crippen LogP contribution is 2.23. The van der Waals surface area contributed by atoms with Crippen molar-refractivity contribution in [3.05, 3.63) is 71.3 Å². The molecule has 4 rings (SSSR count). The molecule has 2 aromatic rings. The number of nitrogens with one attached hydrogen (secondary N) is 1. The highest BCUT2D eigenvalue weighted by molar-refractivity contribution is 5.33. The van der Waals surface area contributed by atoms with E-state index in [0.717, 1.165) is 13.1 Å². The van der Waals surface area contributed by atoms with Gasteiger partial charge >= 0.3 is 0 Å². The maximum absolute atomic E-state index is 3.80. The molecule has 0 aromatic heterocycles. The second kappa shape index (κ2) is 6.23. The van der Waals surface area contributed by atoms with Crippen LogP contribution in [0.3, 0.4) is 0 Å². The number of fused-ring (bicyclic) bond motifs is 1. The van der Waals surface area contributed by atoms with Crippen molar-refractivity contribution >= 4 is 0 Å². The summed E-state index contributed by atoms with van der Waals surface area (Å²) < 4.78 is 0. The molecule has 0 bridgehead atoms. The van der Waals surface area contributed by atoms with Crippen LogP contribution in [0.1, 0.15) is 23.1 Å². The van der Waals surface area contributed by atoms with Gasteiger partial charge in [0.05, 0.1) is 0 Å². The summed E-state index contributed by atoms with van der Waals surface area (Å²) in [5, 5.41) is 3.80. The van der Waals surface area contributed by atoms with Crippen LogP contribution in [0.15, 0.2) is 54.6 Å². The zero-order valence-electron chi connectivity index (χ0n) is 13.0. The molecule has 2 aromatic carbocycles. The summed E-state index contributed by atoms with van der Waals surface area (Å²) in [7, 11) is 0. The first kappa shape index (κ1) is 14.0. The molecule has 2 nitrogen and oxygen atoms in total. The van der Waals surface area contributed by atoms with Crippen LogP contribution in [0, 0.1) is 0 Å². The van der Waals surface area contributed by atoms with Crippen molar-refractivity contribution in [1.29, 1.82) is 0 Å². The van der Waals surface area contributed by atoms with Gasteiger partial charge in [0.2, 0.25) is 0 Å². The Morgan fingerprint density at radius 2 is 1.59 bits per heavy atom. The molecule has 1 saturated heterocycles. The molecule has 1 aliphatic heterocycles. The lowest BCUT2D eigenvalue weighted by Crippen LogP contribution is -2.53. The molecule has 0 amide bonds. The van der Waals surface area contributed by atoms with Gasteiger partial charge in [-0.2, -0.15) is 0 Å². The van der Waals surface area contributed by atoms with E-state index in [1.807, 2.05) is 0 Å². The van der Waals surface area contributed by atoms with Crippen LogP contribution >= 0.6 is 0 Å². The summed E-state index contributed by atoms with van der Waals surface area (Å²) in [6.07, 6.45) is 3.72.